The van der Waals surface area contributed by atoms with Gasteiger partial charge in [0.2, 0.25) is 23.6 Å². The van der Waals surface area contributed by atoms with Crippen LogP contribution in [0.3, 0.4) is 0 Å². The van der Waals surface area contributed by atoms with Crippen LogP contribution in [0.5, 0.6) is 5.75 Å². The molecular formula is C74H103IN12O20S. The minimum atomic E-state index is -1.28. The number of aryl methyl sites for hydroxylation is 1. The van der Waals surface area contributed by atoms with Gasteiger partial charge in [0.25, 0.3) is 11.8 Å². The van der Waals surface area contributed by atoms with E-state index in [1.165, 1.54) is 6.20 Å². The molecule has 2 fully saturated rings. The molecule has 592 valence electrons. The number of benzene rings is 3. The third-order valence-electron chi connectivity index (χ3n) is 18.1. The van der Waals surface area contributed by atoms with Gasteiger partial charge >= 0.3 is 29.8 Å². The first kappa shape index (κ1) is 88.1. The summed E-state index contributed by atoms with van der Waals surface area (Å²) in [6, 6.07) is 18.9. The number of aliphatic carboxylic acids is 5. The number of aromatic nitrogens is 1. The molecule has 6 amide bonds. The van der Waals surface area contributed by atoms with Gasteiger partial charge in [-0.2, -0.15) is 0 Å². The summed E-state index contributed by atoms with van der Waals surface area (Å²) in [6.45, 7) is 2.71. The van der Waals surface area contributed by atoms with Crippen molar-refractivity contribution in [2.75, 3.05) is 143 Å². The van der Waals surface area contributed by atoms with Gasteiger partial charge in [-0.05, 0) is 184 Å². The van der Waals surface area contributed by atoms with Crippen LogP contribution in [-0.4, -0.2) is 277 Å². The summed E-state index contributed by atoms with van der Waals surface area (Å²) >= 11 is 7.84. The number of ether oxygens (including phenoxy) is 4. The largest absolute Gasteiger partial charge is 0.484 e. The highest BCUT2D eigenvalue weighted by Gasteiger charge is 2.31. The molecule has 2 aliphatic rings. The van der Waals surface area contributed by atoms with E-state index in [2.05, 4.69) is 64.8 Å². The van der Waals surface area contributed by atoms with E-state index in [0.717, 1.165) is 34.0 Å². The maximum absolute atomic E-state index is 13.9. The zero-order valence-electron chi connectivity index (χ0n) is 60.9. The van der Waals surface area contributed by atoms with E-state index < -0.39 is 71.6 Å². The molecule has 32 nitrogen and oxygen atoms in total. The molecule has 2 aliphatic heterocycles. The van der Waals surface area contributed by atoms with Gasteiger partial charge in [0.15, 0.2) is 11.7 Å². The first-order valence-corrected chi connectivity index (χ1v) is 38.1. The lowest BCUT2D eigenvalue weighted by Gasteiger charge is -2.36. The molecule has 2 unspecified atom stereocenters. The number of nitrogens with one attached hydrogen (secondary N) is 7. The van der Waals surface area contributed by atoms with Crippen LogP contribution < -0.4 is 42.0 Å². The summed E-state index contributed by atoms with van der Waals surface area (Å²) in [5.41, 5.74) is 3.37. The van der Waals surface area contributed by atoms with Crippen molar-refractivity contribution in [2.45, 2.75) is 121 Å². The highest BCUT2D eigenvalue weighted by molar-refractivity contribution is 14.1. The predicted molar refractivity (Wildman–Crippen MR) is 410 cm³/mol. The van der Waals surface area contributed by atoms with Gasteiger partial charge in [-0.1, -0.05) is 24.3 Å². The van der Waals surface area contributed by atoms with Crippen LogP contribution in [0.4, 0.5) is 5.69 Å². The average Bonchev–Trinajstić information content (AvgIpc) is 0.831. The number of thiocarbonyl (C=S) groups is 1. The Labute approximate surface area is 646 Å². The van der Waals surface area contributed by atoms with E-state index in [1.54, 1.807) is 56.0 Å². The third kappa shape index (κ3) is 35.5. The number of pyridine rings is 1. The molecule has 34 heteroatoms. The second-order valence-corrected chi connectivity index (χ2v) is 28.2. The second-order valence-electron chi connectivity index (χ2n) is 26.5. The summed E-state index contributed by atoms with van der Waals surface area (Å²) in [6.07, 6.45) is 7.60. The topological polar surface area (TPSA) is 436 Å². The van der Waals surface area contributed by atoms with Gasteiger partial charge in [0, 0.05) is 111 Å². The van der Waals surface area contributed by atoms with E-state index in [1.807, 2.05) is 36.4 Å². The highest BCUT2D eigenvalue weighted by atomic mass is 127. The lowest BCUT2D eigenvalue weighted by molar-refractivity contribution is -0.142. The fourth-order valence-corrected chi connectivity index (χ4v) is 13.0. The number of carboxylic acids is 5. The van der Waals surface area contributed by atoms with E-state index in [9.17, 15) is 78.3 Å². The normalized spacial score (nSPS) is 15.8. The van der Waals surface area contributed by atoms with Crippen LogP contribution in [0.1, 0.15) is 111 Å². The van der Waals surface area contributed by atoms with Gasteiger partial charge in [-0.25, -0.2) is 4.79 Å². The summed E-state index contributed by atoms with van der Waals surface area (Å²) < 4.78 is 23.6. The number of carbonyl (C=O) groups excluding carboxylic acids is 6. The number of rotatable bonds is 47. The summed E-state index contributed by atoms with van der Waals surface area (Å²) in [4.78, 5) is 149. The Kier molecular flexibility index (Phi) is 40.2. The van der Waals surface area contributed by atoms with Gasteiger partial charge in [0.1, 0.15) is 17.8 Å². The lowest BCUT2D eigenvalue weighted by atomic mass is 9.89. The van der Waals surface area contributed by atoms with E-state index in [4.69, 9.17) is 31.2 Å². The zero-order valence-corrected chi connectivity index (χ0v) is 63.8. The number of nitrogens with zero attached hydrogens (tertiary/aromatic N) is 5. The van der Waals surface area contributed by atoms with Crippen molar-refractivity contribution in [3.63, 3.8) is 0 Å². The number of hydrogen-bond donors (Lipinski definition) is 12. The molecule has 108 heavy (non-hydrogen) atoms. The fourth-order valence-electron chi connectivity index (χ4n) is 12.4. The van der Waals surface area contributed by atoms with Crippen LogP contribution >= 0.6 is 34.8 Å². The molecular weight excluding hydrogens is 1540 g/mol. The molecule has 3 heterocycles. The minimum Gasteiger partial charge on any atom is -0.484 e. The predicted octanol–water partition coefficient (Wildman–Crippen LogP) is 3.60. The van der Waals surface area contributed by atoms with Gasteiger partial charge in [-0.3, -0.25) is 67.6 Å². The Balaban J connectivity index is 0.919. The van der Waals surface area contributed by atoms with Crippen molar-refractivity contribution in [1.29, 1.82) is 0 Å². The maximum atomic E-state index is 13.9. The number of carbonyl (C=O) groups is 11. The summed E-state index contributed by atoms with van der Waals surface area (Å²) in [5, 5.41) is 70.1. The average molecular weight is 1640 g/mol. The van der Waals surface area contributed by atoms with E-state index in [-0.39, 0.29) is 167 Å². The quantitative estimate of drug-likeness (QED) is 0.0171. The first-order chi connectivity index (χ1) is 52.0. The molecule has 12 N–H and O–H groups in total. The van der Waals surface area contributed by atoms with Gasteiger partial charge in [0.05, 0.1) is 76.9 Å². The summed E-state index contributed by atoms with van der Waals surface area (Å²) in [5.74, 6) is -7.89. The van der Waals surface area contributed by atoms with Crippen molar-refractivity contribution >= 4 is 122 Å². The number of unbranched alkanes of at least 4 members (excludes halogenated alkanes) is 2. The number of anilines is 1. The Morgan fingerprint density at radius 3 is 1.87 bits per heavy atom. The maximum Gasteiger partial charge on any atom is 0.326 e. The van der Waals surface area contributed by atoms with Crippen molar-refractivity contribution in [1.82, 2.24) is 56.5 Å². The summed E-state index contributed by atoms with van der Waals surface area (Å²) in [7, 11) is 0. The van der Waals surface area contributed by atoms with Crippen LogP contribution in [0, 0.1) is 9.49 Å². The molecule has 0 bridgehead atoms. The molecule has 0 spiro atoms. The molecule has 4 aromatic rings. The fraction of sp³-hybridized carbons (Fsp3) is 0.554. The van der Waals surface area contributed by atoms with Crippen molar-refractivity contribution < 1.29 is 97.2 Å². The van der Waals surface area contributed by atoms with Crippen LogP contribution in [-0.2, 0) is 75.0 Å². The number of carboxylic acid groups (broad SMARTS) is 5. The molecule has 3 aromatic carbocycles. The molecule has 0 aliphatic carbocycles. The number of likely N-dealkylation sites (tertiary alicyclic amines) is 1. The van der Waals surface area contributed by atoms with Crippen LogP contribution in [0.25, 0.3) is 10.9 Å². The molecule has 0 radical (unpaired) electrons. The van der Waals surface area contributed by atoms with Crippen LogP contribution in [0.15, 0.2) is 79.0 Å². The third-order valence-corrected chi connectivity index (χ3v) is 19.0. The Bertz CT molecular complexity index is 3580. The number of hydrogen-bond acceptors (Lipinski definition) is 20. The Hall–Kier alpha value is -8.78. The number of halogens is 1. The standard InChI is InChI=1S/C74H103IN12O20S/c75-54-16-12-51(13-17-54)8-7-11-63(88)77-25-3-2-10-61(73(102)103)83-72(101)60(82-64(89)24-36-104-38-40-106-41-39-105-37-28-78-65(90)50-107-57-20-21-58-59(22-27-76-62(58)45-57)71(100)80-46-66(91)86-29-5-6-30-86)9-1-4-26-79-74(108)81-55-18-14-52(15-19-55)42-56-43-53(44-67(92)93)23-31-84(47-68(94)95)32-33-85(48-69(96)97)34-35-87(56)49-70(98)99/h12-22,27,45,53,56,60-61H,1-11,23-26,28-44,46-50H2,(H,77,88)(H,78,90)(H,80,100)(H,82,89)(H,83,101)(H,92,93)(H,94,95)(H,96,97)(H,98,99)(H,102,103)(H2,79,81,108)/t53?,56?,60-,61-/m0/s1. The lowest BCUT2D eigenvalue weighted by Crippen LogP contribution is -2.51. The molecule has 2 saturated heterocycles. The molecule has 6 rings (SSSR count). The van der Waals surface area contributed by atoms with Crippen molar-refractivity contribution in [3.8, 4) is 5.75 Å². The highest BCUT2D eigenvalue weighted by Crippen LogP contribution is 2.26. The molecule has 0 saturated carbocycles. The Morgan fingerprint density at radius 1 is 0.583 bits per heavy atom. The molecule has 4 atom stereocenters. The van der Waals surface area contributed by atoms with E-state index >= 15 is 0 Å². The van der Waals surface area contributed by atoms with Crippen molar-refractivity contribution in [2.24, 2.45) is 5.92 Å². The second kappa shape index (κ2) is 49.3. The molecule has 1 aromatic heterocycles. The zero-order chi connectivity index (χ0) is 78.0. The first-order valence-electron chi connectivity index (χ1n) is 36.6. The van der Waals surface area contributed by atoms with E-state index in [0.29, 0.717) is 105 Å². The van der Waals surface area contributed by atoms with Gasteiger partial charge < -0.3 is 86.6 Å². The minimum absolute atomic E-state index is 0.0166. The monoisotopic (exact) mass is 1640 g/mol. The SMILES string of the molecule is O=C(O)CC1CCN(CC(=O)O)CCN(CC(=O)O)CCN(CC(=O)O)C(Cc2ccc(NC(=S)NCCCC[C@H](NC(=O)CCOCCOCCOCCNC(=O)COc3ccc4c(C(=O)NCC(=O)N5CCCC5)ccnc4c3)C(=O)N[C@@H](CCCCNC(=O)CCCc3ccc(I)cc3)C(=O)O)cc2)C1. The number of fused-ring (bicyclic) bond motifs is 1. The van der Waals surface area contributed by atoms with Crippen molar-refractivity contribution in [3.05, 3.63) is 99.3 Å². The van der Waals surface area contributed by atoms with Crippen LogP contribution in [0.2, 0.25) is 0 Å². The smallest absolute Gasteiger partial charge is 0.326 e. The Morgan fingerprint density at radius 2 is 1.20 bits per heavy atom. The van der Waals surface area contributed by atoms with Gasteiger partial charge in [-0.15, -0.1) is 0 Å². The number of amides is 6.